The molecule has 1 heterocycles. The summed E-state index contributed by atoms with van der Waals surface area (Å²) in [6.45, 7) is 6.08. The molecule has 0 fully saturated rings. The lowest BCUT2D eigenvalue weighted by Gasteiger charge is -2.04. The van der Waals surface area contributed by atoms with Gasteiger partial charge in [-0.3, -0.25) is 4.79 Å². The van der Waals surface area contributed by atoms with E-state index < -0.39 is 0 Å². The molecule has 0 aliphatic rings. The molecule has 104 valence electrons. The Morgan fingerprint density at radius 3 is 2.45 bits per heavy atom. The SMILES string of the molecule is Cc1ccc(C(=O)NN=Cc2ccc(C(C)C)cc2)o1. The highest BCUT2D eigenvalue weighted by Gasteiger charge is 2.07. The minimum atomic E-state index is -0.354. The highest BCUT2D eigenvalue weighted by molar-refractivity contribution is 5.92. The Morgan fingerprint density at radius 1 is 1.20 bits per heavy atom. The second-order valence-corrected chi connectivity index (χ2v) is 4.93. The monoisotopic (exact) mass is 270 g/mol. The maximum atomic E-state index is 11.7. The van der Waals surface area contributed by atoms with Gasteiger partial charge in [-0.1, -0.05) is 38.1 Å². The first-order valence-electron chi connectivity index (χ1n) is 6.56. The Bertz CT molecular complexity index is 610. The summed E-state index contributed by atoms with van der Waals surface area (Å²) in [5.74, 6) is 1.11. The van der Waals surface area contributed by atoms with Gasteiger partial charge in [-0.2, -0.15) is 5.10 Å². The highest BCUT2D eigenvalue weighted by atomic mass is 16.3. The molecule has 0 saturated heterocycles. The molecular formula is C16H18N2O2. The first kappa shape index (κ1) is 14.1. The Morgan fingerprint density at radius 2 is 1.90 bits per heavy atom. The van der Waals surface area contributed by atoms with E-state index >= 15 is 0 Å². The first-order chi connectivity index (χ1) is 9.56. The molecule has 0 atom stereocenters. The molecule has 0 radical (unpaired) electrons. The number of carbonyl (C=O) groups excluding carboxylic acids is 1. The van der Waals surface area contributed by atoms with E-state index in [-0.39, 0.29) is 11.7 Å². The lowest BCUT2D eigenvalue weighted by Crippen LogP contribution is -2.16. The van der Waals surface area contributed by atoms with Crippen LogP contribution >= 0.6 is 0 Å². The maximum absolute atomic E-state index is 11.7. The zero-order chi connectivity index (χ0) is 14.5. The van der Waals surface area contributed by atoms with Gasteiger partial charge in [0.15, 0.2) is 5.76 Å². The minimum absolute atomic E-state index is 0.259. The molecule has 2 rings (SSSR count). The van der Waals surface area contributed by atoms with Crippen LogP contribution < -0.4 is 5.43 Å². The van der Waals surface area contributed by atoms with Crippen LogP contribution in [0.1, 0.15) is 47.2 Å². The summed E-state index contributed by atoms with van der Waals surface area (Å²) in [5.41, 5.74) is 4.65. The van der Waals surface area contributed by atoms with Gasteiger partial charge in [0, 0.05) is 0 Å². The summed E-state index contributed by atoms with van der Waals surface area (Å²) in [6.07, 6.45) is 1.61. The molecule has 2 aromatic rings. The predicted molar refractivity (Wildman–Crippen MR) is 79.0 cm³/mol. The number of nitrogens with one attached hydrogen (secondary N) is 1. The predicted octanol–water partition coefficient (Wildman–Crippen LogP) is 3.48. The number of furan rings is 1. The van der Waals surface area contributed by atoms with Crippen LogP contribution in [0.25, 0.3) is 0 Å². The van der Waals surface area contributed by atoms with E-state index in [1.807, 2.05) is 12.1 Å². The third-order valence-electron chi connectivity index (χ3n) is 2.95. The van der Waals surface area contributed by atoms with E-state index in [4.69, 9.17) is 4.42 Å². The van der Waals surface area contributed by atoms with Gasteiger partial charge in [0.25, 0.3) is 0 Å². The zero-order valence-corrected chi connectivity index (χ0v) is 11.9. The summed E-state index contributed by atoms with van der Waals surface area (Å²) < 4.78 is 5.20. The average Bonchev–Trinajstić information content (AvgIpc) is 2.86. The fraction of sp³-hybridized carbons (Fsp3) is 0.250. The Kier molecular flexibility index (Phi) is 4.35. The van der Waals surface area contributed by atoms with Crippen molar-refractivity contribution in [2.45, 2.75) is 26.7 Å². The number of hydrogen-bond donors (Lipinski definition) is 1. The van der Waals surface area contributed by atoms with E-state index in [1.165, 1.54) is 5.56 Å². The van der Waals surface area contributed by atoms with Gasteiger partial charge in [-0.25, -0.2) is 5.43 Å². The molecule has 20 heavy (non-hydrogen) atoms. The number of hydrogen-bond acceptors (Lipinski definition) is 3. The van der Waals surface area contributed by atoms with Gasteiger partial charge in [0.1, 0.15) is 5.76 Å². The van der Waals surface area contributed by atoms with Crippen molar-refractivity contribution in [3.63, 3.8) is 0 Å². The third kappa shape index (κ3) is 3.57. The normalized spacial score (nSPS) is 11.2. The molecular weight excluding hydrogens is 252 g/mol. The second kappa shape index (κ2) is 6.19. The van der Waals surface area contributed by atoms with E-state index in [0.29, 0.717) is 11.7 Å². The smallest absolute Gasteiger partial charge is 0.307 e. The number of aryl methyl sites for hydroxylation is 1. The van der Waals surface area contributed by atoms with Crippen LogP contribution in [-0.2, 0) is 0 Å². The van der Waals surface area contributed by atoms with E-state index in [0.717, 1.165) is 5.56 Å². The zero-order valence-electron chi connectivity index (χ0n) is 11.9. The number of rotatable bonds is 4. The van der Waals surface area contributed by atoms with Gasteiger partial charge in [-0.05, 0) is 36.1 Å². The van der Waals surface area contributed by atoms with Crippen molar-refractivity contribution in [1.29, 1.82) is 0 Å². The summed E-state index contributed by atoms with van der Waals surface area (Å²) in [7, 11) is 0. The number of carbonyl (C=O) groups is 1. The maximum Gasteiger partial charge on any atom is 0.307 e. The summed E-state index contributed by atoms with van der Waals surface area (Å²) in [5, 5.41) is 3.92. The van der Waals surface area contributed by atoms with Crippen molar-refractivity contribution < 1.29 is 9.21 Å². The molecule has 4 heteroatoms. The van der Waals surface area contributed by atoms with E-state index in [9.17, 15) is 4.79 Å². The quantitative estimate of drug-likeness (QED) is 0.683. The average molecular weight is 270 g/mol. The lowest BCUT2D eigenvalue weighted by atomic mass is 10.0. The Labute approximate surface area is 118 Å². The van der Waals surface area contributed by atoms with Crippen LogP contribution in [0.3, 0.4) is 0 Å². The molecule has 0 aliphatic carbocycles. The molecule has 0 saturated carbocycles. The Hall–Kier alpha value is -2.36. The molecule has 1 N–H and O–H groups in total. The van der Waals surface area contributed by atoms with Crippen LogP contribution in [0.4, 0.5) is 0 Å². The van der Waals surface area contributed by atoms with Gasteiger partial charge < -0.3 is 4.42 Å². The van der Waals surface area contributed by atoms with Crippen LogP contribution in [0.2, 0.25) is 0 Å². The molecule has 0 spiro atoms. The highest BCUT2D eigenvalue weighted by Crippen LogP contribution is 2.13. The van der Waals surface area contributed by atoms with Gasteiger partial charge in [-0.15, -0.1) is 0 Å². The summed E-state index contributed by atoms with van der Waals surface area (Å²) in [4.78, 5) is 11.7. The van der Waals surface area contributed by atoms with Gasteiger partial charge in [0.05, 0.1) is 6.21 Å². The second-order valence-electron chi connectivity index (χ2n) is 4.93. The van der Waals surface area contributed by atoms with Crippen LogP contribution in [0.15, 0.2) is 45.9 Å². The van der Waals surface area contributed by atoms with Crippen LogP contribution in [-0.4, -0.2) is 12.1 Å². The van der Waals surface area contributed by atoms with Crippen molar-refractivity contribution in [2.75, 3.05) is 0 Å². The fourth-order valence-corrected chi connectivity index (χ4v) is 1.74. The van der Waals surface area contributed by atoms with E-state index in [2.05, 4.69) is 36.5 Å². The van der Waals surface area contributed by atoms with Gasteiger partial charge in [0.2, 0.25) is 0 Å². The molecule has 0 unspecified atom stereocenters. The number of amides is 1. The Balaban J connectivity index is 1.94. The molecule has 0 aliphatic heterocycles. The molecule has 1 aromatic heterocycles. The molecule has 1 aromatic carbocycles. The van der Waals surface area contributed by atoms with Gasteiger partial charge >= 0.3 is 5.91 Å². The minimum Gasteiger partial charge on any atom is -0.456 e. The van der Waals surface area contributed by atoms with Crippen molar-refractivity contribution in [3.8, 4) is 0 Å². The van der Waals surface area contributed by atoms with Crippen molar-refractivity contribution >= 4 is 12.1 Å². The third-order valence-corrected chi connectivity index (χ3v) is 2.95. The number of hydrazone groups is 1. The van der Waals surface area contributed by atoms with Crippen LogP contribution in [0.5, 0.6) is 0 Å². The molecule has 0 bridgehead atoms. The molecule has 1 amide bonds. The summed E-state index contributed by atoms with van der Waals surface area (Å²) >= 11 is 0. The lowest BCUT2D eigenvalue weighted by molar-refractivity contribution is 0.0926. The largest absolute Gasteiger partial charge is 0.456 e. The van der Waals surface area contributed by atoms with E-state index in [1.54, 1.807) is 25.3 Å². The molecule has 4 nitrogen and oxygen atoms in total. The van der Waals surface area contributed by atoms with Crippen molar-refractivity contribution in [2.24, 2.45) is 5.10 Å². The van der Waals surface area contributed by atoms with Crippen molar-refractivity contribution in [1.82, 2.24) is 5.43 Å². The first-order valence-corrected chi connectivity index (χ1v) is 6.56. The summed E-state index contributed by atoms with van der Waals surface area (Å²) in [6, 6.07) is 11.4. The van der Waals surface area contributed by atoms with Crippen LogP contribution in [0, 0.1) is 6.92 Å². The number of benzene rings is 1. The van der Waals surface area contributed by atoms with Crippen molar-refractivity contribution in [3.05, 3.63) is 59.0 Å². The fourth-order valence-electron chi connectivity index (χ4n) is 1.74. The topological polar surface area (TPSA) is 54.6 Å². The standard InChI is InChI=1S/C16H18N2O2/c1-11(2)14-7-5-13(6-8-14)10-17-18-16(19)15-9-4-12(3)20-15/h4-11H,1-3H3,(H,18,19). The number of nitrogens with zero attached hydrogens (tertiary/aromatic N) is 1.